The Hall–Kier alpha value is -2.82. The normalized spacial score (nSPS) is 13.6. The summed E-state index contributed by atoms with van der Waals surface area (Å²) in [5.41, 5.74) is 1.49. The van der Waals surface area contributed by atoms with E-state index >= 15 is 0 Å². The SMILES string of the molecule is CN(C)CCCOc1cnc(C2=CC(CN(C)c3cc(C(F)(F)F)ccc3S)=CCC=C2)nc1.O. The number of aromatic nitrogens is 2. The van der Waals surface area contributed by atoms with Gasteiger partial charge in [-0.05, 0) is 56.8 Å². The molecule has 1 aromatic heterocycles. The molecule has 0 saturated carbocycles. The maximum absolute atomic E-state index is 13.2. The number of nitrogens with zero attached hydrogens (tertiary/aromatic N) is 4. The molecule has 0 radical (unpaired) electrons. The second-order valence-electron chi connectivity index (χ2n) is 8.32. The van der Waals surface area contributed by atoms with Crippen LogP contribution in [0.25, 0.3) is 5.57 Å². The van der Waals surface area contributed by atoms with Crippen LogP contribution in [0.15, 0.2) is 65.4 Å². The number of thiol groups is 1. The van der Waals surface area contributed by atoms with Crippen molar-refractivity contribution >= 4 is 23.9 Å². The van der Waals surface area contributed by atoms with Gasteiger partial charge in [-0.25, -0.2) is 9.97 Å². The lowest BCUT2D eigenvalue weighted by Crippen LogP contribution is -2.21. The first-order chi connectivity index (χ1) is 16.1. The lowest BCUT2D eigenvalue weighted by atomic mass is 10.1. The van der Waals surface area contributed by atoms with Crippen molar-refractivity contribution in [1.29, 1.82) is 0 Å². The van der Waals surface area contributed by atoms with E-state index in [4.69, 9.17) is 4.74 Å². The van der Waals surface area contributed by atoms with Crippen molar-refractivity contribution < 1.29 is 23.4 Å². The van der Waals surface area contributed by atoms with Crippen molar-refractivity contribution in [3.8, 4) is 5.75 Å². The van der Waals surface area contributed by atoms with Gasteiger partial charge < -0.3 is 20.0 Å². The molecule has 2 N–H and O–H groups in total. The standard InChI is InChI=1S/C25H29F3N4OS.H2O/c1-31(2)11-6-12-33-21-15-29-24(30-16-21)19-8-5-4-7-18(13-19)17-32(3)22-14-20(25(26,27)28)9-10-23(22)34;/h5,7-10,13-16,34H,4,6,11-12,17H2,1-3H3;1H2. The fourth-order valence-electron chi connectivity index (χ4n) is 3.45. The van der Waals surface area contributed by atoms with Gasteiger partial charge in [0, 0.05) is 30.6 Å². The van der Waals surface area contributed by atoms with E-state index in [0.29, 0.717) is 41.7 Å². The topological polar surface area (TPSA) is 73.0 Å². The minimum absolute atomic E-state index is 0. The van der Waals surface area contributed by atoms with E-state index in [9.17, 15) is 13.2 Å². The summed E-state index contributed by atoms with van der Waals surface area (Å²) in [7, 11) is 5.79. The van der Waals surface area contributed by atoms with Gasteiger partial charge in [-0.2, -0.15) is 13.2 Å². The molecule has 6 nitrogen and oxygen atoms in total. The van der Waals surface area contributed by atoms with Crippen LogP contribution in [-0.4, -0.2) is 61.2 Å². The number of hydrogen-bond donors (Lipinski definition) is 1. The third-order valence-corrected chi connectivity index (χ3v) is 5.57. The van der Waals surface area contributed by atoms with Crippen LogP contribution < -0.4 is 9.64 Å². The highest BCUT2D eigenvalue weighted by Gasteiger charge is 2.31. The summed E-state index contributed by atoms with van der Waals surface area (Å²) in [6, 6.07) is 3.54. The van der Waals surface area contributed by atoms with E-state index in [1.807, 2.05) is 38.4 Å². The predicted octanol–water partition coefficient (Wildman–Crippen LogP) is 4.70. The highest BCUT2D eigenvalue weighted by Crippen LogP contribution is 2.35. The lowest BCUT2D eigenvalue weighted by Gasteiger charge is -2.23. The average Bonchev–Trinajstić information content (AvgIpc) is 3.02. The molecule has 0 atom stereocenters. The van der Waals surface area contributed by atoms with Gasteiger partial charge in [-0.1, -0.05) is 18.2 Å². The summed E-state index contributed by atoms with van der Waals surface area (Å²) in [6.07, 6.45) is 8.46. The fourth-order valence-corrected chi connectivity index (χ4v) is 3.76. The van der Waals surface area contributed by atoms with Crippen LogP contribution in [0.2, 0.25) is 0 Å². The molecule has 1 heterocycles. The van der Waals surface area contributed by atoms with Gasteiger partial charge >= 0.3 is 6.18 Å². The molecule has 0 unspecified atom stereocenters. The number of allylic oxidation sites excluding steroid dienone is 4. The summed E-state index contributed by atoms with van der Waals surface area (Å²) in [5.74, 6) is 1.17. The highest BCUT2D eigenvalue weighted by atomic mass is 32.1. The first-order valence-electron chi connectivity index (χ1n) is 10.9. The van der Waals surface area contributed by atoms with Gasteiger partial charge in [0.25, 0.3) is 0 Å². The molecule has 0 bridgehead atoms. The van der Waals surface area contributed by atoms with Crippen molar-refractivity contribution in [1.82, 2.24) is 14.9 Å². The molecule has 1 aromatic carbocycles. The Morgan fingerprint density at radius 3 is 2.49 bits per heavy atom. The first-order valence-corrected chi connectivity index (χ1v) is 11.4. The monoisotopic (exact) mass is 508 g/mol. The molecule has 2 aromatic rings. The Bertz CT molecular complexity index is 1070. The number of benzene rings is 1. The predicted molar refractivity (Wildman–Crippen MR) is 136 cm³/mol. The zero-order valence-corrected chi connectivity index (χ0v) is 20.9. The molecule has 190 valence electrons. The average molecular weight is 509 g/mol. The number of ether oxygens (including phenoxy) is 1. The van der Waals surface area contributed by atoms with Crippen LogP contribution in [0, 0.1) is 0 Å². The maximum atomic E-state index is 13.2. The maximum Gasteiger partial charge on any atom is 0.416 e. The van der Waals surface area contributed by atoms with Crippen LogP contribution in [0.4, 0.5) is 18.9 Å². The Morgan fingerprint density at radius 1 is 1.11 bits per heavy atom. The quantitative estimate of drug-likeness (QED) is 0.393. The minimum atomic E-state index is -4.41. The molecule has 0 fully saturated rings. The summed E-state index contributed by atoms with van der Waals surface area (Å²) in [5, 5.41) is 0. The zero-order valence-electron chi connectivity index (χ0n) is 20.0. The molecule has 1 aliphatic carbocycles. The molecule has 0 aliphatic heterocycles. The van der Waals surface area contributed by atoms with Gasteiger partial charge in [0.05, 0.1) is 30.3 Å². The largest absolute Gasteiger partial charge is 0.490 e. The zero-order chi connectivity index (χ0) is 24.7. The molecule has 35 heavy (non-hydrogen) atoms. The number of anilines is 1. The third kappa shape index (κ3) is 8.41. The van der Waals surface area contributed by atoms with E-state index in [0.717, 1.165) is 36.2 Å². The summed E-state index contributed by atoms with van der Waals surface area (Å²) in [6.45, 7) is 1.94. The Kier molecular flexibility index (Phi) is 10.4. The van der Waals surface area contributed by atoms with Crippen molar-refractivity contribution in [2.45, 2.75) is 23.9 Å². The smallest absolute Gasteiger partial charge is 0.416 e. The van der Waals surface area contributed by atoms with Crippen LogP contribution in [0.1, 0.15) is 24.2 Å². The molecular formula is C25H31F3N4O2S. The summed E-state index contributed by atoms with van der Waals surface area (Å²) >= 11 is 4.35. The van der Waals surface area contributed by atoms with Gasteiger partial charge in [-0.3, -0.25) is 0 Å². The molecule has 10 heteroatoms. The molecule has 0 saturated heterocycles. The Morgan fingerprint density at radius 2 is 1.83 bits per heavy atom. The summed E-state index contributed by atoms with van der Waals surface area (Å²) in [4.78, 5) is 13.2. The number of likely N-dealkylation sites (N-methyl/N-ethyl adjacent to an activating group) is 1. The van der Waals surface area contributed by atoms with Gasteiger partial charge in [0.15, 0.2) is 11.6 Å². The van der Waals surface area contributed by atoms with Crippen molar-refractivity contribution in [2.75, 3.05) is 45.7 Å². The minimum Gasteiger partial charge on any atom is -0.490 e. The first kappa shape index (κ1) is 28.4. The molecule has 3 rings (SSSR count). The Balaban J connectivity index is 0.00000432. The number of hydrogen-bond acceptors (Lipinski definition) is 6. The van der Waals surface area contributed by atoms with E-state index in [-0.39, 0.29) is 5.48 Å². The van der Waals surface area contributed by atoms with Crippen molar-refractivity contribution in [2.24, 2.45) is 0 Å². The van der Waals surface area contributed by atoms with E-state index in [1.165, 1.54) is 6.07 Å². The van der Waals surface area contributed by atoms with Gasteiger partial charge in [0.1, 0.15) is 0 Å². The van der Waals surface area contributed by atoms with Crippen LogP contribution in [0.3, 0.4) is 0 Å². The van der Waals surface area contributed by atoms with Crippen LogP contribution in [-0.2, 0) is 6.18 Å². The second kappa shape index (κ2) is 12.8. The van der Waals surface area contributed by atoms with E-state index < -0.39 is 11.7 Å². The van der Waals surface area contributed by atoms with E-state index in [2.05, 4.69) is 27.5 Å². The number of alkyl halides is 3. The van der Waals surface area contributed by atoms with E-state index in [1.54, 1.807) is 24.3 Å². The lowest BCUT2D eigenvalue weighted by molar-refractivity contribution is -0.137. The van der Waals surface area contributed by atoms with Crippen molar-refractivity contribution in [3.05, 3.63) is 71.9 Å². The van der Waals surface area contributed by atoms with Gasteiger partial charge in [-0.15, -0.1) is 12.6 Å². The second-order valence-corrected chi connectivity index (χ2v) is 8.80. The molecule has 0 spiro atoms. The molecule has 0 amide bonds. The molecular weight excluding hydrogens is 477 g/mol. The fraction of sp³-hybridized carbons (Fsp3) is 0.360. The van der Waals surface area contributed by atoms with Crippen molar-refractivity contribution in [3.63, 3.8) is 0 Å². The highest BCUT2D eigenvalue weighted by molar-refractivity contribution is 7.80. The molecule has 1 aliphatic rings. The number of halogens is 3. The number of rotatable bonds is 9. The Labute approximate surface area is 209 Å². The van der Waals surface area contributed by atoms with Gasteiger partial charge in [0.2, 0.25) is 0 Å². The third-order valence-electron chi connectivity index (χ3n) is 5.19. The van der Waals surface area contributed by atoms with Crippen LogP contribution in [0.5, 0.6) is 5.75 Å². The summed E-state index contributed by atoms with van der Waals surface area (Å²) < 4.78 is 45.2. The van der Waals surface area contributed by atoms with Crippen LogP contribution >= 0.6 is 12.6 Å².